The van der Waals surface area contributed by atoms with Gasteiger partial charge in [0.2, 0.25) is 0 Å². The van der Waals surface area contributed by atoms with Crippen molar-refractivity contribution >= 4 is 6.09 Å². The second-order valence-corrected chi connectivity index (χ2v) is 4.76. The first-order valence-corrected chi connectivity index (χ1v) is 5.23. The van der Waals surface area contributed by atoms with E-state index in [1.807, 2.05) is 0 Å². The van der Waals surface area contributed by atoms with E-state index in [-0.39, 0.29) is 0 Å². The maximum absolute atomic E-state index is 13.3. The molecule has 0 spiro atoms. The summed E-state index contributed by atoms with van der Waals surface area (Å²) in [5, 5.41) is 5.47. The third-order valence-corrected chi connectivity index (χ3v) is 2.11. The van der Waals surface area contributed by atoms with E-state index in [0.29, 0.717) is 13.0 Å². The van der Waals surface area contributed by atoms with E-state index in [9.17, 15) is 9.18 Å². The van der Waals surface area contributed by atoms with Gasteiger partial charge in [0.05, 0.1) is 6.04 Å². The molecule has 1 aliphatic heterocycles. The Morgan fingerprint density at radius 3 is 2.73 bits per heavy atom. The zero-order valence-electron chi connectivity index (χ0n) is 9.47. The van der Waals surface area contributed by atoms with Gasteiger partial charge < -0.3 is 15.4 Å². The van der Waals surface area contributed by atoms with Crippen LogP contribution in [0.3, 0.4) is 0 Å². The fourth-order valence-corrected chi connectivity index (χ4v) is 1.44. The fraction of sp³-hybridized carbons (Fsp3) is 0.900. The van der Waals surface area contributed by atoms with Crippen molar-refractivity contribution in [1.29, 1.82) is 0 Å². The molecule has 1 heterocycles. The van der Waals surface area contributed by atoms with Crippen LogP contribution in [0.2, 0.25) is 0 Å². The van der Waals surface area contributed by atoms with Gasteiger partial charge in [-0.1, -0.05) is 0 Å². The van der Waals surface area contributed by atoms with Gasteiger partial charge in [0.25, 0.3) is 0 Å². The summed E-state index contributed by atoms with van der Waals surface area (Å²) in [4.78, 5) is 11.4. The summed E-state index contributed by atoms with van der Waals surface area (Å²) in [6.45, 7) is 6.35. The Hall–Kier alpha value is -0.840. The average molecular weight is 218 g/mol. The molecule has 2 unspecified atom stereocenters. The van der Waals surface area contributed by atoms with Gasteiger partial charge in [0.1, 0.15) is 11.8 Å². The molecule has 0 saturated carbocycles. The molecule has 5 heteroatoms. The lowest BCUT2D eigenvalue weighted by Gasteiger charge is -2.28. The number of halogens is 1. The lowest BCUT2D eigenvalue weighted by atomic mass is 10.1. The normalized spacial score (nSPS) is 27.2. The standard InChI is InChI=1S/C10H19FN2O2/c1-10(2,3)15-9(14)13-8-4-5-12-6-7(8)11/h7-8,12H,4-6H2,1-3H3,(H,13,14). The van der Waals surface area contributed by atoms with E-state index in [0.717, 1.165) is 6.54 Å². The quantitative estimate of drug-likeness (QED) is 0.695. The summed E-state index contributed by atoms with van der Waals surface area (Å²) < 4.78 is 18.4. The number of alkyl halides is 1. The molecule has 0 aromatic rings. The van der Waals surface area contributed by atoms with Crippen molar-refractivity contribution in [2.75, 3.05) is 13.1 Å². The van der Waals surface area contributed by atoms with Gasteiger partial charge in [-0.25, -0.2) is 9.18 Å². The summed E-state index contributed by atoms with van der Waals surface area (Å²) in [6.07, 6.45) is -0.983. The molecule has 1 aliphatic rings. The Morgan fingerprint density at radius 2 is 2.20 bits per heavy atom. The molecule has 0 radical (unpaired) electrons. The highest BCUT2D eigenvalue weighted by molar-refractivity contribution is 5.68. The predicted octanol–water partition coefficient (Wildman–Crippen LogP) is 1.21. The first-order chi connectivity index (χ1) is 6.88. The zero-order chi connectivity index (χ0) is 11.5. The van der Waals surface area contributed by atoms with Crippen LogP contribution in [0.25, 0.3) is 0 Å². The van der Waals surface area contributed by atoms with E-state index < -0.39 is 23.9 Å². The molecule has 1 amide bonds. The highest BCUT2D eigenvalue weighted by Crippen LogP contribution is 2.10. The van der Waals surface area contributed by atoms with E-state index in [1.165, 1.54) is 0 Å². The van der Waals surface area contributed by atoms with Crippen molar-refractivity contribution < 1.29 is 13.9 Å². The summed E-state index contributed by atoms with van der Waals surface area (Å²) in [5.74, 6) is 0. The van der Waals surface area contributed by atoms with Crippen LogP contribution in [0.15, 0.2) is 0 Å². The second kappa shape index (κ2) is 4.79. The van der Waals surface area contributed by atoms with Crippen LogP contribution in [-0.2, 0) is 4.74 Å². The maximum Gasteiger partial charge on any atom is 0.407 e. The summed E-state index contributed by atoms with van der Waals surface area (Å²) in [5.41, 5.74) is -0.539. The molecule has 0 aromatic heterocycles. The number of amides is 1. The molecule has 1 fully saturated rings. The number of piperidine rings is 1. The van der Waals surface area contributed by atoms with Crippen molar-refractivity contribution in [3.05, 3.63) is 0 Å². The Balaban J connectivity index is 2.36. The Morgan fingerprint density at radius 1 is 1.53 bits per heavy atom. The number of carbonyl (C=O) groups is 1. The minimum absolute atomic E-state index is 0.292. The van der Waals surface area contributed by atoms with Gasteiger partial charge >= 0.3 is 6.09 Å². The Bertz CT molecular complexity index is 228. The summed E-state index contributed by atoms with van der Waals surface area (Å²) >= 11 is 0. The molecule has 0 aliphatic carbocycles. The number of ether oxygens (including phenoxy) is 1. The highest BCUT2D eigenvalue weighted by atomic mass is 19.1. The van der Waals surface area contributed by atoms with Gasteiger partial charge in [-0.2, -0.15) is 0 Å². The van der Waals surface area contributed by atoms with Crippen molar-refractivity contribution in [2.45, 2.75) is 45.0 Å². The van der Waals surface area contributed by atoms with Crippen molar-refractivity contribution in [3.63, 3.8) is 0 Å². The van der Waals surface area contributed by atoms with E-state index in [2.05, 4.69) is 10.6 Å². The van der Waals surface area contributed by atoms with Crippen molar-refractivity contribution in [1.82, 2.24) is 10.6 Å². The van der Waals surface area contributed by atoms with Crippen LogP contribution in [-0.4, -0.2) is 37.0 Å². The number of hydrogen-bond donors (Lipinski definition) is 2. The lowest BCUT2D eigenvalue weighted by molar-refractivity contribution is 0.0458. The molecular formula is C10H19FN2O2. The molecule has 0 aromatic carbocycles. The molecule has 1 rings (SSSR count). The largest absolute Gasteiger partial charge is 0.444 e. The average Bonchev–Trinajstić information content (AvgIpc) is 2.05. The van der Waals surface area contributed by atoms with Gasteiger partial charge in [-0.3, -0.25) is 0 Å². The first kappa shape index (κ1) is 12.2. The van der Waals surface area contributed by atoms with Crippen LogP contribution in [0.4, 0.5) is 9.18 Å². The minimum Gasteiger partial charge on any atom is -0.444 e. The van der Waals surface area contributed by atoms with Gasteiger partial charge in [0, 0.05) is 6.54 Å². The Kier molecular flexibility index (Phi) is 3.90. The molecule has 15 heavy (non-hydrogen) atoms. The topological polar surface area (TPSA) is 50.4 Å². The molecule has 88 valence electrons. The molecule has 0 bridgehead atoms. The molecule has 1 saturated heterocycles. The van der Waals surface area contributed by atoms with Crippen LogP contribution in [0.1, 0.15) is 27.2 Å². The van der Waals surface area contributed by atoms with Gasteiger partial charge in [-0.15, -0.1) is 0 Å². The first-order valence-electron chi connectivity index (χ1n) is 5.23. The SMILES string of the molecule is CC(C)(C)OC(=O)NC1CCNCC1F. The monoisotopic (exact) mass is 218 g/mol. The summed E-state index contributed by atoms with van der Waals surface area (Å²) in [6, 6.07) is -0.430. The third-order valence-electron chi connectivity index (χ3n) is 2.11. The number of nitrogens with one attached hydrogen (secondary N) is 2. The molecule has 2 N–H and O–H groups in total. The number of carbonyl (C=O) groups excluding carboxylic acids is 1. The molecule has 2 atom stereocenters. The van der Waals surface area contributed by atoms with Crippen LogP contribution in [0, 0.1) is 0 Å². The van der Waals surface area contributed by atoms with E-state index >= 15 is 0 Å². The minimum atomic E-state index is -1.04. The smallest absolute Gasteiger partial charge is 0.407 e. The maximum atomic E-state index is 13.3. The lowest BCUT2D eigenvalue weighted by Crippen LogP contribution is -2.51. The van der Waals surface area contributed by atoms with Gasteiger partial charge in [-0.05, 0) is 33.7 Å². The Labute approximate surface area is 89.6 Å². The fourth-order valence-electron chi connectivity index (χ4n) is 1.44. The summed E-state index contributed by atoms with van der Waals surface area (Å²) in [7, 11) is 0. The van der Waals surface area contributed by atoms with Crippen molar-refractivity contribution in [2.24, 2.45) is 0 Å². The van der Waals surface area contributed by atoms with Crippen molar-refractivity contribution in [3.8, 4) is 0 Å². The van der Waals surface area contributed by atoms with Crippen LogP contribution < -0.4 is 10.6 Å². The second-order valence-electron chi connectivity index (χ2n) is 4.76. The number of hydrogen-bond acceptors (Lipinski definition) is 3. The van der Waals surface area contributed by atoms with Crippen LogP contribution >= 0.6 is 0 Å². The van der Waals surface area contributed by atoms with Crippen LogP contribution in [0.5, 0.6) is 0 Å². The molecular weight excluding hydrogens is 199 g/mol. The van der Waals surface area contributed by atoms with Gasteiger partial charge in [0.15, 0.2) is 0 Å². The third kappa shape index (κ3) is 4.46. The zero-order valence-corrected chi connectivity index (χ0v) is 9.47. The van der Waals surface area contributed by atoms with E-state index in [1.54, 1.807) is 20.8 Å². The number of alkyl carbamates (subject to hydrolysis) is 1. The highest BCUT2D eigenvalue weighted by Gasteiger charge is 2.27. The molecule has 4 nitrogen and oxygen atoms in total. The van der Waals surface area contributed by atoms with E-state index in [4.69, 9.17) is 4.74 Å². The number of rotatable bonds is 1. The predicted molar refractivity (Wildman–Crippen MR) is 55.5 cm³/mol.